The molecule has 2 aromatic heterocycles. The molecule has 0 unspecified atom stereocenters. The molecule has 0 spiro atoms. The monoisotopic (exact) mass is 204 g/mol. The van der Waals surface area contributed by atoms with Crippen LogP contribution in [-0.4, -0.2) is 23.0 Å². The Kier molecular flexibility index (Phi) is 2.67. The molecule has 0 aliphatic heterocycles. The van der Waals surface area contributed by atoms with Gasteiger partial charge in [-0.05, 0) is 24.6 Å². The number of nitrogens with zero attached hydrogens (tertiary/aromatic N) is 1. The van der Waals surface area contributed by atoms with Crippen molar-refractivity contribution in [1.82, 2.24) is 9.97 Å². The van der Waals surface area contributed by atoms with Crippen LogP contribution in [0.25, 0.3) is 11.0 Å². The van der Waals surface area contributed by atoms with Crippen molar-refractivity contribution in [3.8, 4) is 0 Å². The van der Waals surface area contributed by atoms with Gasteiger partial charge in [-0.15, -0.1) is 0 Å². The van der Waals surface area contributed by atoms with E-state index in [0.29, 0.717) is 12.8 Å². The molecule has 78 valence electrons. The van der Waals surface area contributed by atoms with Gasteiger partial charge in [-0.25, -0.2) is 4.98 Å². The van der Waals surface area contributed by atoms with Crippen molar-refractivity contribution in [3.05, 3.63) is 30.1 Å². The molecule has 0 saturated heterocycles. The number of fused-ring (bicyclic) bond motifs is 1. The number of H-pyrrole nitrogens is 1. The molecule has 1 N–H and O–H groups in total. The third-order valence-corrected chi connectivity index (χ3v) is 2.27. The Hall–Kier alpha value is -1.84. The smallest absolute Gasteiger partial charge is 0.305 e. The highest BCUT2D eigenvalue weighted by Gasteiger charge is 2.04. The highest BCUT2D eigenvalue weighted by atomic mass is 16.5. The maximum atomic E-state index is 10.9. The summed E-state index contributed by atoms with van der Waals surface area (Å²) in [5, 5.41) is 1.07. The fraction of sp³-hybridized carbons (Fsp3) is 0.273. The number of aromatic amines is 1. The van der Waals surface area contributed by atoms with Crippen LogP contribution in [0.5, 0.6) is 0 Å². The number of aryl methyl sites for hydroxylation is 1. The number of aromatic nitrogens is 2. The maximum Gasteiger partial charge on any atom is 0.305 e. The van der Waals surface area contributed by atoms with Gasteiger partial charge in [0, 0.05) is 17.3 Å². The number of rotatable bonds is 3. The molecule has 0 atom stereocenters. The summed E-state index contributed by atoms with van der Waals surface area (Å²) in [6.07, 6.45) is 2.79. The van der Waals surface area contributed by atoms with Crippen LogP contribution in [0.15, 0.2) is 24.4 Å². The van der Waals surface area contributed by atoms with Crippen LogP contribution in [-0.2, 0) is 16.0 Å². The summed E-state index contributed by atoms with van der Waals surface area (Å²) < 4.78 is 4.58. The number of methoxy groups -OCH3 is 1. The second kappa shape index (κ2) is 4.13. The Bertz CT molecular complexity index is 443. The van der Waals surface area contributed by atoms with E-state index in [0.717, 1.165) is 16.7 Å². The van der Waals surface area contributed by atoms with E-state index in [9.17, 15) is 4.79 Å². The summed E-state index contributed by atoms with van der Waals surface area (Å²) in [5.74, 6) is -0.193. The first-order valence-electron chi connectivity index (χ1n) is 4.79. The van der Waals surface area contributed by atoms with Crippen molar-refractivity contribution in [3.63, 3.8) is 0 Å². The van der Waals surface area contributed by atoms with Gasteiger partial charge < -0.3 is 9.72 Å². The zero-order valence-corrected chi connectivity index (χ0v) is 8.49. The quantitative estimate of drug-likeness (QED) is 0.774. The number of nitrogens with one attached hydrogen (secondary N) is 1. The molecule has 0 aliphatic carbocycles. The Morgan fingerprint density at radius 1 is 1.60 bits per heavy atom. The number of hydrogen-bond acceptors (Lipinski definition) is 3. The zero-order valence-electron chi connectivity index (χ0n) is 8.49. The van der Waals surface area contributed by atoms with Crippen molar-refractivity contribution in [2.45, 2.75) is 12.8 Å². The molecule has 2 aromatic rings. The number of hydrogen-bond donors (Lipinski definition) is 1. The lowest BCUT2D eigenvalue weighted by atomic mass is 10.2. The fourth-order valence-corrected chi connectivity index (χ4v) is 1.49. The van der Waals surface area contributed by atoms with Gasteiger partial charge in [-0.3, -0.25) is 4.79 Å². The fourth-order valence-electron chi connectivity index (χ4n) is 1.49. The number of carbonyl (C=O) groups excluding carboxylic acids is 1. The average Bonchev–Trinajstić information content (AvgIpc) is 2.68. The number of pyridine rings is 1. The Balaban J connectivity index is 2.12. The van der Waals surface area contributed by atoms with Crippen LogP contribution in [0.2, 0.25) is 0 Å². The first kappa shape index (κ1) is 9.71. The van der Waals surface area contributed by atoms with Crippen LogP contribution in [0, 0.1) is 0 Å². The van der Waals surface area contributed by atoms with Crippen molar-refractivity contribution in [2.24, 2.45) is 0 Å². The Labute approximate surface area is 87.3 Å². The largest absolute Gasteiger partial charge is 0.469 e. The van der Waals surface area contributed by atoms with Gasteiger partial charge in [0.15, 0.2) is 0 Å². The lowest BCUT2D eigenvalue weighted by Crippen LogP contribution is -2.01. The molecule has 4 nitrogen and oxygen atoms in total. The molecule has 0 aliphatic rings. The highest BCUT2D eigenvalue weighted by Crippen LogP contribution is 2.13. The molecule has 0 saturated carbocycles. The van der Waals surface area contributed by atoms with E-state index >= 15 is 0 Å². The van der Waals surface area contributed by atoms with Gasteiger partial charge in [0.25, 0.3) is 0 Å². The zero-order chi connectivity index (χ0) is 10.7. The Morgan fingerprint density at radius 3 is 3.20 bits per heavy atom. The summed E-state index contributed by atoms with van der Waals surface area (Å²) in [5.41, 5.74) is 1.87. The van der Waals surface area contributed by atoms with Crippen LogP contribution in [0.3, 0.4) is 0 Å². The summed E-state index contributed by atoms with van der Waals surface area (Å²) in [4.78, 5) is 18.3. The highest BCUT2D eigenvalue weighted by molar-refractivity contribution is 5.76. The average molecular weight is 204 g/mol. The normalized spacial score (nSPS) is 10.5. The van der Waals surface area contributed by atoms with Crippen LogP contribution in [0.1, 0.15) is 12.1 Å². The summed E-state index contributed by atoms with van der Waals surface area (Å²) in [6, 6.07) is 5.88. The Morgan fingerprint density at radius 2 is 2.47 bits per heavy atom. The molecule has 2 rings (SSSR count). The van der Waals surface area contributed by atoms with Crippen LogP contribution < -0.4 is 0 Å². The van der Waals surface area contributed by atoms with E-state index in [2.05, 4.69) is 14.7 Å². The number of carbonyl (C=O) groups is 1. The van der Waals surface area contributed by atoms with Crippen molar-refractivity contribution in [2.75, 3.05) is 7.11 Å². The van der Waals surface area contributed by atoms with E-state index in [4.69, 9.17) is 0 Å². The van der Waals surface area contributed by atoms with Crippen LogP contribution in [0.4, 0.5) is 0 Å². The van der Waals surface area contributed by atoms with E-state index < -0.39 is 0 Å². The molecule has 15 heavy (non-hydrogen) atoms. The van der Waals surface area contributed by atoms with Crippen molar-refractivity contribution >= 4 is 17.0 Å². The van der Waals surface area contributed by atoms with E-state index in [1.807, 2.05) is 18.2 Å². The maximum absolute atomic E-state index is 10.9. The lowest BCUT2D eigenvalue weighted by molar-refractivity contribution is -0.140. The third-order valence-electron chi connectivity index (χ3n) is 2.27. The lowest BCUT2D eigenvalue weighted by Gasteiger charge is -1.96. The number of esters is 1. The minimum Gasteiger partial charge on any atom is -0.469 e. The molecule has 0 radical (unpaired) electrons. The van der Waals surface area contributed by atoms with Gasteiger partial charge in [0.1, 0.15) is 5.65 Å². The molecule has 0 fully saturated rings. The summed E-state index contributed by atoms with van der Waals surface area (Å²) >= 11 is 0. The molecule has 0 bridgehead atoms. The number of ether oxygens (including phenoxy) is 1. The molecule has 0 aromatic carbocycles. The second-order valence-electron chi connectivity index (χ2n) is 3.31. The molecule has 4 heteroatoms. The predicted molar refractivity (Wildman–Crippen MR) is 56.4 cm³/mol. The van der Waals surface area contributed by atoms with Gasteiger partial charge in [-0.1, -0.05) is 0 Å². The standard InChI is InChI=1S/C11H12N2O2/c1-15-10(14)5-4-9-7-8-3-2-6-12-11(8)13-9/h2-3,6-7H,4-5H2,1H3,(H,12,13). The first-order chi connectivity index (χ1) is 7.29. The predicted octanol–water partition coefficient (Wildman–Crippen LogP) is 1.67. The van der Waals surface area contributed by atoms with Gasteiger partial charge in [0.05, 0.1) is 13.5 Å². The topological polar surface area (TPSA) is 55.0 Å². The van der Waals surface area contributed by atoms with Gasteiger partial charge in [0.2, 0.25) is 0 Å². The second-order valence-corrected chi connectivity index (χ2v) is 3.31. The van der Waals surface area contributed by atoms with E-state index in [1.54, 1.807) is 6.20 Å². The van der Waals surface area contributed by atoms with Gasteiger partial charge >= 0.3 is 5.97 Å². The molecular formula is C11H12N2O2. The van der Waals surface area contributed by atoms with Gasteiger partial charge in [-0.2, -0.15) is 0 Å². The minimum absolute atomic E-state index is 0.193. The minimum atomic E-state index is -0.193. The third kappa shape index (κ3) is 2.15. The van der Waals surface area contributed by atoms with E-state index in [-0.39, 0.29) is 5.97 Å². The van der Waals surface area contributed by atoms with Crippen molar-refractivity contribution in [1.29, 1.82) is 0 Å². The van der Waals surface area contributed by atoms with Crippen LogP contribution >= 0.6 is 0 Å². The molecular weight excluding hydrogens is 192 g/mol. The molecule has 0 amide bonds. The van der Waals surface area contributed by atoms with E-state index in [1.165, 1.54) is 7.11 Å². The molecule has 2 heterocycles. The summed E-state index contributed by atoms with van der Waals surface area (Å²) in [6.45, 7) is 0. The summed E-state index contributed by atoms with van der Waals surface area (Å²) in [7, 11) is 1.40. The SMILES string of the molecule is COC(=O)CCc1cc2cccnc2[nH]1. The van der Waals surface area contributed by atoms with Crippen molar-refractivity contribution < 1.29 is 9.53 Å². The first-order valence-corrected chi connectivity index (χ1v) is 4.79.